The van der Waals surface area contributed by atoms with Gasteiger partial charge in [-0.1, -0.05) is 52.9 Å². The molecule has 4 atom stereocenters. The highest BCUT2D eigenvalue weighted by atomic mass is 32.1. The van der Waals surface area contributed by atoms with Gasteiger partial charge >= 0.3 is 0 Å². The second-order valence-electron chi connectivity index (χ2n) is 16.4. The Morgan fingerprint density at radius 3 is 2.09 bits per heavy atom. The van der Waals surface area contributed by atoms with Crippen LogP contribution in [0.1, 0.15) is 99.0 Å². The number of hydrogen-bond acceptors (Lipinski definition) is 4. The van der Waals surface area contributed by atoms with E-state index in [2.05, 4.69) is 44.4 Å². The van der Waals surface area contributed by atoms with Crippen molar-refractivity contribution in [2.45, 2.75) is 117 Å². The Bertz CT molecular complexity index is 1240. The van der Waals surface area contributed by atoms with Crippen LogP contribution in [-0.4, -0.2) is 93.8 Å². The molecule has 246 valence electrons. The number of rotatable bonds is 5. The lowest BCUT2D eigenvalue weighted by Crippen LogP contribution is -2.54. The molecule has 0 spiro atoms. The topological polar surface area (TPSA) is 47.1 Å². The van der Waals surface area contributed by atoms with E-state index >= 15 is 4.39 Å². The van der Waals surface area contributed by atoms with E-state index in [1.807, 2.05) is 44.7 Å². The standard InChI is InChI=1S/C35H54F2N4O2S/c1-33(2,3)32(43)41(23-13-15-35(7,8)16-14-23)24-18-29(31(44)38(9)10)40(19-24)30(42)27-21-39(34(4,5)6)20-26(27)25-12-11-22(36)17-28(25)37/h11-12,17,23-24,26-27,29H,13-16,18-21H2,1-10H3/t24-,26-,27+,29+/m0/s1. The number of likely N-dealkylation sites (N-methyl/N-ethyl adjacent to an activating group) is 1. The van der Waals surface area contributed by atoms with E-state index in [1.54, 1.807) is 0 Å². The number of benzene rings is 1. The molecule has 2 saturated heterocycles. The molecular weight excluding hydrogens is 578 g/mol. The maximum absolute atomic E-state index is 15.2. The van der Waals surface area contributed by atoms with Crippen LogP contribution in [0.4, 0.5) is 8.78 Å². The summed E-state index contributed by atoms with van der Waals surface area (Å²) in [4.78, 5) is 37.6. The molecule has 0 radical (unpaired) electrons. The summed E-state index contributed by atoms with van der Waals surface area (Å²) in [5.41, 5.74) is -0.175. The van der Waals surface area contributed by atoms with Crippen LogP contribution in [0.5, 0.6) is 0 Å². The fourth-order valence-corrected chi connectivity index (χ4v) is 7.63. The summed E-state index contributed by atoms with van der Waals surface area (Å²) in [6, 6.07) is 3.28. The van der Waals surface area contributed by atoms with Gasteiger partial charge in [-0.05, 0) is 69.9 Å². The maximum Gasteiger partial charge on any atom is 0.228 e. The molecule has 3 aliphatic rings. The second kappa shape index (κ2) is 12.6. The van der Waals surface area contributed by atoms with Crippen molar-refractivity contribution >= 4 is 29.0 Å². The van der Waals surface area contributed by atoms with Gasteiger partial charge in [-0.2, -0.15) is 0 Å². The first kappa shape index (κ1) is 34.7. The highest BCUT2D eigenvalue weighted by Gasteiger charge is 2.51. The minimum absolute atomic E-state index is 0.0740. The van der Waals surface area contributed by atoms with E-state index in [0.29, 0.717) is 36.6 Å². The predicted molar refractivity (Wildman–Crippen MR) is 176 cm³/mol. The third-order valence-corrected chi connectivity index (χ3v) is 10.8. The molecule has 1 aliphatic carbocycles. The molecule has 1 aromatic carbocycles. The van der Waals surface area contributed by atoms with Crippen LogP contribution in [0.25, 0.3) is 0 Å². The van der Waals surface area contributed by atoms with Crippen molar-refractivity contribution in [3.63, 3.8) is 0 Å². The molecule has 1 saturated carbocycles. The average molecular weight is 633 g/mol. The van der Waals surface area contributed by atoms with E-state index in [4.69, 9.17) is 12.2 Å². The summed E-state index contributed by atoms with van der Waals surface area (Å²) in [6.07, 6.45) is 4.57. The molecule has 2 heterocycles. The van der Waals surface area contributed by atoms with Crippen molar-refractivity contribution in [3.8, 4) is 0 Å². The molecule has 1 aromatic rings. The number of carbonyl (C=O) groups is 2. The van der Waals surface area contributed by atoms with Gasteiger partial charge in [0.25, 0.3) is 0 Å². The van der Waals surface area contributed by atoms with Gasteiger partial charge in [0.05, 0.1) is 18.0 Å². The zero-order chi connectivity index (χ0) is 32.9. The molecule has 2 amide bonds. The van der Waals surface area contributed by atoms with Crippen molar-refractivity contribution in [3.05, 3.63) is 35.4 Å². The fourth-order valence-electron chi connectivity index (χ4n) is 7.40. The molecule has 0 bridgehead atoms. The van der Waals surface area contributed by atoms with Gasteiger partial charge in [0.2, 0.25) is 11.8 Å². The summed E-state index contributed by atoms with van der Waals surface area (Å²) in [5, 5.41) is 0. The number of halogens is 2. The van der Waals surface area contributed by atoms with Crippen molar-refractivity contribution in [1.82, 2.24) is 19.6 Å². The van der Waals surface area contributed by atoms with E-state index in [9.17, 15) is 14.0 Å². The Morgan fingerprint density at radius 1 is 0.955 bits per heavy atom. The molecule has 2 aliphatic heterocycles. The third kappa shape index (κ3) is 7.30. The van der Waals surface area contributed by atoms with Crippen LogP contribution in [0, 0.1) is 28.4 Å². The lowest BCUT2D eigenvalue weighted by Gasteiger charge is -2.45. The van der Waals surface area contributed by atoms with Crippen LogP contribution in [0.3, 0.4) is 0 Å². The molecule has 0 aromatic heterocycles. The van der Waals surface area contributed by atoms with Crippen LogP contribution in [-0.2, 0) is 9.59 Å². The minimum atomic E-state index is -0.631. The molecule has 4 rings (SSSR count). The third-order valence-electron chi connectivity index (χ3n) is 10.2. The van der Waals surface area contributed by atoms with Crippen LogP contribution in [0.2, 0.25) is 0 Å². The van der Waals surface area contributed by atoms with Gasteiger partial charge in [0.15, 0.2) is 0 Å². The normalized spacial score (nSPS) is 26.6. The summed E-state index contributed by atoms with van der Waals surface area (Å²) in [6.45, 7) is 18.1. The minimum Gasteiger partial charge on any atom is -0.371 e. The van der Waals surface area contributed by atoms with Gasteiger partial charge in [-0.3, -0.25) is 14.5 Å². The molecule has 9 heteroatoms. The smallest absolute Gasteiger partial charge is 0.228 e. The Kier molecular flexibility index (Phi) is 9.93. The van der Waals surface area contributed by atoms with Crippen LogP contribution in [0.15, 0.2) is 18.2 Å². The number of thiocarbonyl (C=S) groups is 1. The molecular formula is C35H54F2N4O2S. The van der Waals surface area contributed by atoms with Gasteiger partial charge in [0.1, 0.15) is 16.6 Å². The zero-order valence-electron chi connectivity index (χ0n) is 28.5. The number of hydrogen-bond donors (Lipinski definition) is 0. The van der Waals surface area contributed by atoms with E-state index in [-0.39, 0.29) is 40.9 Å². The van der Waals surface area contributed by atoms with Crippen molar-refractivity contribution in [2.75, 3.05) is 33.7 Å². The first-order valence-electron chi connectivity index (χ1n) is 16.3. The number of nitrogens with zero attached hydrogens (tertiary/aromatic N) is 4. The number of carbonyl (C=O) groups excluding carboxylic acids is 2. The summed E-state index contributed by atoms with van der Waals surface area (Å²) < 4.78 is 29.1. The Hall–Kier alpha value is -2.13. The molecule has 44 heavy (non-hydrogen) atoms. The SMILES string of the molecule is CN(C)C(=S)[C@H]1C[C@H](N(C(=O)C(C)(C)C)C2CCC(C)(C)CC2)CN1C(=O)[C@@H]1CN(C(C)(C)C)C[C@H]1c1ccc(F)cc1F. The monoisotopic (exact) mass is 632 g/mol. The largest absolute Gasteiger partial charge is 0.371 e. The van der Waals surface area contributed by atoms with Crippen LogP contribution >= 0.6 is 12.2 Å². The fraction of sp³-hybridized carbons (Fsp3) is 0.743. The van der Waals surface area contributed by atoms with Crippen molar-refractivity contribution < 1.29 is 18.4 Å². The Labute approximate surface area is 269 Å². The van der Waals surface area contributed by atoms with Gasteiger partial charge < -0.3 is 14.7 Å². The van der Waals surface area contributed by atoms with Crippen molar-refractivity contribution in [2.24, 2.45) is 16.7 Å². The zero-order valence-corrected chi connectivity index (χ0v) is 29.4. The lowest BCUT2D eigenvalue weighted by atomic mass is 9.74. The summed E-state index contributed by atoms with van der Waals surface area (Å²) in [5.74, 6) is -2.17. The molecule has 0 N–H and O–H groups in total. The first-order chi connectivity index (χ1) is 20.2. The maximum atomic E-state index is 15.2. The van der Waals surface area contributed by atoms with Gasteiger partial charge in [-0.15, -0.1) is 0 Å². The average Bonchev–Trinajstić information content (AvgIpc) is 3.54. The van der Waals surface area contributed by atoms with Crippen molar-refractivity contribution in [1.29, 1.82) is 0 Å². The van der Waals surface area contributed by atoms with E-state index in [1.165, 1.54) is 12.1 Å². The number of amides is 2. The van der Waals surface area contributed by atoms with E-state index in [0.717, 1.165) is 31.7 Å². The Balaban J connectivity index is 1.71. The predicted octanol–water partition coefficient (Wildman–Crippen LogP) is 6.48. The van der Waals surface area contributed by atoms with Crippen LogP contribution < -0.4 is 0 Å². The van der Waals surface area contributed by atoms with E-state index < -0.39 is 28.9 Å². The molecule has 3 fully saturated rings. The summed E-state index contributed by atoms with van der Waals surface area (Å²) >= 11 is 5.93. The summed E-state index contributed by atoms with van der Waals surface area (Å²) in [7, 11) is 3.79. The quantitative estimate of drug-likeness (QED) is 0.348. The highest BCUT2D eigenvalue weighted by molar-refractivity contribution is 7.80. The Morgan fingerprint density at radius 2 is 1.57 bits per heavy atom. The first-order valence-corrected chi connectivity index (χ1v) is 16.7. The number of likely N-dealkylation sites (tertiary alicyclic amines) is 2. The highest BCUT2D eigenvalue weighted by Crippen LogP contribution is 2.43. The lowest BCUT2D eigenvalue weighted by molar-refractivity contribution is -0.147. The van der Waals surface area contributed by atoms with Gasteiger partial charge in [-0.25, -0.2) is 8.78 Å². The van der Waals surface area contributed by atoms with Gasteiger partial charge in [0, 0.05) is 62.7 Å². The molecule has 6 nitrogen and oxygen atoms in total. The molecule has 0 unspecified atom stereocenters. The second-order valence-corrected chi connectivity index (χ2v) is 16.9.